The van der Waals surface area contributed by atoms with Gasteiger partial charge in [-0.1, -0.05) is 6.07 Å². The Morgan fingerprint density at radius 1 is 1.20 bits per heavy atom. The number of rotatable bonds is 6. The highest BCUT2D eigenvalue weighted by atomic mass is 16.5. The van der Waals surface area contributed by atoms with E-state index >= 15 is 0 Å². The van der Waals surface area contributed by atoms with Crippen molar-refractivity contribution in [1.82, 2.24) is 5.32 Å². The highest BCUT2D eigenvalue weighted by Crippen LogP contribution is 2.34. The van der Waals surface area contributed by atoms with Crippen LogP contribution in [0.1, 0.15) is 23.2 Å². The first-order chi connectivity index (χ1) is 14.3. The second-order valence-corrected chi connectivity index (χ2v) is 7.06. The second kappa shape index (κ2) is 8.73. The van der Waals surface area contributed by atoms with E-state index < -0.39 is 23.8 Å². The predicted molar refractivity (Wildman–Crippen MR) is 113 cm³/mol. The van der Waals surface area contributed by atoms with Crippen LogP contribution in [0.25, 0.3) is 0 Å². The van der Waals surface area contributed by atoms with Crippen molar-refractivity contribution >= 4 is 34.8 Å². The smallest absolute Gasteiger partial charge is 0.305 e. The lowest BCUT2D eigenvalue weighted by molar-refractivity contribution is -0.140. The Morgan fingerprint density at radius 3 is 2.67 bits per heavy atom. The molecule has 0 fully saturated rings. The van der Waals surface area contributed by atoms with E-state index in [1.165, 1.54) is 19.2 Å². The van der Waals surface area contributed by atoms with Gasteiger partial charge >= 0.3 is 5.97 Å². The number of nitrogens with two attached hydrogens (primary N) is 1. The van der Waals surface area contributed by atoms with E-state index in [0.29, 0.717) is 11.5 Å². The molecule has 0 aliphatic carbocycles. The average molecular weight is 412 g/mol. The molecule has 30 heavy (non-hydrogen) atoms. The predicted octanol–water partition coefficient (Wildman–Crippen LogP) is 2.13. The van der Waals surface area contributed by atoms with E-state index in [1.807, 2.05) is 37.2 Å². The summed E-state index contributed by atoms with van der Waals surface area (Å²) in [7, 11) is 5.10. The third-order valence-electron chi connectivity index (χ3n) is 4.70. The van der Waals surface area contributed by atoms with Gasteiger partial charge in [-0.05, 0) is 30.7 Å². The lowest BCUT2D eigenvalue weighted by atomic mass is 10.1. The summed E-state index contributed by atoms with van der Waals surface area (Å²) >= 11 is 0. The first-order valence-corrected chi connectivity index (χ1v) is 9.35. The van der Waals surface area contributed by atoms with Gasteiger partial charge in [-0.3, -0.25) is 14.4 Å². The maximum absolute atomic E-state index is 12.7. The zero-order valence-electron chi connectivity index (χ0n) is 17.0. The van der Waals surface area contributed by atoms with E-state index in [2.05, 4.69) is 15.4 Å². The molecule has 0 unspecified atom stereocenters. The largest absolute Gasteiger partial charge is 0.469 e. The fourth-order valence-electron chi connectivity index (χ4n) is 3.02. The van der Waals surface area contributed by atoms with Crippen LogP contribution >= 0.6 is 0 Å². The van der Waals surface area contributed by atoms with Gasteiger partial charge in [0.15, 0.2) is 5.75 Å². The number of amides is 2. The van der Waals surface area contributed by atoms with Gasteiger partial charge in [0.25, 0.3) is 5.91 Å². The number of hydrogen-bond donors (Lipinski definition) is 3. The summed E-state index contributed by atoms with van der Waals surface area (Å²) in [6.07, 6.45) is 0.123. The number of nitrogens with one attached hydrogen (secondary N) is 2. The Labute approximate surface area is 174 Å². The van der Waals surface area contributed by atoms with Gasteiger partial charge in [0.05, 0.1) is 24.0 Å². The molecule has 1 heterocycles. The van der Waals surface area contributed by atoms with Gasteiger partial charge < -0.3 is 30.7 Å². The Morgan fingerprint density at radius 2 is 1.97 bits per heavy atom. The molecule has 1 aliphatic heterocycles. The summed E-state index contributed by atoms with van der Waals surface area (Å²) in [4.78, 5) is 38.5. The molecule has 9 nitrogen and oxygen atoms in total. The van der Waals surface area contributed by atoms with Gasteiger partial charge in [0, 0.05) is 32.3 Å². The van der Waals surface area contributed by atoms with Gasteiger partial charge in [-0.2, -0.15) is 0 Å². The Hall–Kier alpha value is -3.75. The Balaban J connectivity index is 1.85. The standard InChI is InChI=1S/C21H24N4O5/c1-25(2)12-5-4-6-13(9-12)30-18-10-14-17(11-15(18)22)24-21(28)16(23-20(14)27)7-8-19(26)29-3/h4-6,9-11,16H,7-8,22H2,1-3H3,(H,23,27)(H,24,28)/t16-/m0/s1. The van der Waals surface area contributed by atoms with Gasteiger partial charge in [0.2, 0.25) is 5.91 Å². The average Bonchev–Trinajstić information content (AvgIpc) is 2.82. The van der Waals surface area contributed by atoms with Crippen molar-refractivity contribution in [2.45, 2.75) is 18.9 Å². The molecule has 1 atom stereocenters. The first-order valence-electron chi connectivity index (χ1n) is 9.35. The van der Waals surface area contributed by atoms with Crippen LogP contribution in [0.2, 0.25) is 0 Å². The maximum atomic E-state index is 12.7. The quantitative estimate of drug-likeness (QED) is 0.491. The van der Waals surface area contributed by atoms with Crippen molar-refractivity contribution in [3.63, 3.8) is 0 Å². The summed E-state index contributed by atoms with van der Waals surface area (Å²) in [5.74, 6) is -0.509. The molecular weight excluding hydrogens is 388 g/mol. The zero-order chi connectivity index (χ0) is 21.8. The topological polar surface area (TPSA) is 123 Å². The molecule has 0 spiro atoms. The third-order valence-corrected chi connectivity index (χ3v) is 4.70. The minimum absolute atomic E-state index is 0.00390. The number of hydrogen-bond acceptors (Lipinski definition) is 7. The summed E-state index contributed by atoms with van der Waals surface area (Å²) in [6.45, 7) is 0. The van der Waals surface area contributed by atoms with E-state index in [4.69, 9.17) is 10.5 Å². The molecule has 158 valence electrons. The number of nitrogen functional groups attached to an aromatic ring is 1. The van der Waals surface area contributed by atoms with Crippen molar-refractivity contribution in [1.29, 1.82) is 0 Å². The normalized spacial score (nSPS) is 15.4. The molecule has 0 saturated carbocycles. The fourth-order valence-corrected chi connectivity index (χ4v) is 3.02. The van der Waals surface area contributed by atoms with Crippen LogP contribution in [-0.4, -0.2) is 45.0 Å². The second-order valence-electron chi connectivity index (χ2n) is 7.06. The summed E-state index contributed by atoms with van der Waals surface area (Å²) in [5.41, 5.74) is 7.82. The number of methoxy groups -OCH3 is 1. The lowest BCUT2D eigenvalue weighted by Gasteiger charge is -2.15. The van der Waals surface area contributed by atoms with Crippen LogP contribution in [0.5, 0.6) is 11.5 Å². The van der Waals surface area contributed by atoms with E-state index in [-0.39, 0.29) is 29.8 Å². The maximum Gasteiger partial charge on any atom is 0.305 e. The van der Waals surface area contributed by atoms with E-state index in [9.17, 15) is 14.4 Å². The minimum atomic E-state index is -0.869. The molecule has 1 aliphatic rings. The number of fused-ring (bicyclic) bond motifs is 1. The van der Waals surface area contributed by atoms with E-state index in [0.717, 1.165) is 5.69 Å². The molecule has 2 amide bonds. The molecular formula is C21H24N4O5. The molecule has 0 bridgehead atoms. The fraction of sp³-hybridized carbons (Fsp3) is 0.286. The number of esters is 1. The number of benzene rings is 2. The van der Waals surface area contributed by atoms with Gasteiger partial charge in [-0.25, -0.2) is 0 Å². The highest BCUT2D eigenvalue weighted by molar-refractivity contribution is 6.10. The number of carbonyl (C=O) groups excluding carboxylic acids is 3. The summed E-state index contributed by atoms with van der Waals surface area (Å²) in [5, 5.41) is 5.32. The Bertz CT molecular complexity index is 989. The van der Waals surface area contributed by atoms with E-state index in [1.54, 1.807) is 6.07 Å². The number of anilines is 3. The Kier molecular flexibility index (Phi) is 6.10. The van der Waals surface area contributed by atoms with Gasteiger partial charge in [0.1, 0.15) is 11.8 Å². The van der Waals surface area contributed by atoms with Crippen molar-refractivity contribution in [2.75, 3.05) is 37.2 Å². The molecule has 9 heteroatoms. The van der Waals surface area contributed by atoms with Crippen LogP contribution in [0, 0.1) is 0 Å². The molecule has 0 aromatic heterocycles. The molecule has 0 saturated heterocycles. The summed E-state index contributed by atoms with van der Waals surface area (Å²) in [6, 6.07) is 9.52. The van der Waals surface area contributed by atoms with Crippen LogP contribution in [0.15, 0.2) is 36.4 Å². The minimum Gasteiger partial charge on any atom is -0.469 e. The zero-order valence-corrected chi connectivity index (χ0v) is 17.0. The van der Waals surface area contributed by atoms with Crippen molar-refractivity contribution in [3.8, 4) is 11.5 Å². The third kappa shape index (κ3) is 4.62. The first kappa shape index (κ1) is 21.0. The van der Waals surface area contributed by atoms with Crippen LogP contribution in [0.3, 0.4) is 0 Å². The van der Waals surface area contributed by atoms with Gasteiger partial charge in [-0.15, -0.1) is 0 Å². The van der Waals surface area contributed by atoms with Crippen LogP contribution in [0.4, 0.5) is 17.1 Å². The number of carbonyl (C=O) groups is 3. The van der Waals surface area contributed by atoms with Crippen molar-refractivity contribution in [2.24, 2.45) is 0 Å². The molecule has 2 aromatic carbocycles. The highest BCUT2D eigenvalue weighted by Gasteiger charge is 2.29. The summed E-state index contributed by atoms with van der Waals surface area (Å²) < 4.78 is 10.5. The molecule has 0 radical (unpaired) electrons. The molecule has 4 N–H and O–H groups in total. The van der Waals surface area contributed by atoms with Crippen LogP contribution < -0.4 is 26.0 Å². The van der Waals surface area contributed by atoms with Crippen molar-refractivity contribution < 1.29 is 23.9 Å². The SMILES string of the molecule is COC(=O)CC[C@@H]1NC(=O)c2cc(Oc3cccc(N(C)C)c3)c(N)cc2NC1=O. The monoisotopic (exact) mass is 412 g/mol. The molecule has 3 rings (SSSR count). The number of ether oxygens (including phenoxy) is 2. The number of nitrogens with zero attached hydrogens (tertiary/aromatic N) is 1. The molecule has 2 aromatic rings. The van der Waals surface area contributed by atoms with Crippen molar-refractivity contribution in [3.05, 3.63) is 42.0 Å². The lowest BCUT2D eigenvalue weighted by Crippen LogP contribution is -2.41. The van der Waals surface area contributed by atoms with Crippen LogP contribution in [-0.2, 0) is 14.3 Å².